The highest BCUT2D eigenvalue weighted by atomic mass is 127. The van der Waals surface area contributed by atoms with Crippen LogP contribution in [-0.2, 0) is 13.2 Å². The Morgan fingerprint density at radius 1 is 0.926 bits per heavy atom. The molecule has 0 aliphatic rings. The first-order chi connectivity index (χ1) is 13.2. The summed E-state index contributed by atoms with van der Waals surface area (Å²) in [6.45, 7) is 3.75. The molecule has 0 aromatic heterocycles. The van der Waals surface area contributed by atoms with Crippen LogP contribution in [0.4, 0.5) is 5.69 Å². The second-order valence-electron chi connectivity index (χ2n) is 5.98. The highest BCUT2D eigenvalue weighted by molar-refractivity contribution is 14.1. The average Bonchev–Trinajstić information content (AvgIpc) is 2.67. The number of rotatable bonds is 8. The van der Waals surface area contributed by atoms with Crippen molar-refractivity contribution in [1.82, 2.24) is 0 Å². The zero-order valence-electron chi connectivity index (χ0n) is 15.0. The summed E-state index contributed by atoms with van der Waals surface area (Å²) in [6.07, 6.45) is 0. The number of halogens is 2. The third kappa shape index (κ3) is 5.78. The summed E-state index contributed by atoms with van der Waals surface area (Å²) in [5.74, 6) is 1.55. The monoisotopic (exact) mass is 493 g/mol. The van der Waals surface area contributed by atoms with Crippen LogP contribution in [0.2, 0.25) is 5.02 Å². The van der Waals surface area contributed by atoms with Gasteiger partial charge in [-0.15, -0.1) is 0 Å². The van der Waals surface area contributed by atoms with E-state index >= 15 is 0 Å². The van der Waals surface area contributed by atoms with Gasteiger partial charge in [0.15, 0.2) is 11.5 Å². The van der Waals surface area contributed by atoms with E-state index < -0.39 is 0 Å². The predicted octanol–water partition coefficient (Wildman–Crippen LogP) is 6.53. The first kappa shape index (κ1) is 19.8. The van der Waals surface area contributed by atoms with Crippen LogP contribution in [0.3, 0.4) is 0 Å². The molecule has 0 aliphatic carbocycles. The zero-order valence-corrected chi connectivity index (χ0v) is 18.0. The number of hydrogen-bond acceptors (Lipinski definition) is 3. The Labute approximate surface area is 178 Å². The van der Waals surface area contributed by atoms with E-state index in [-0.39, 0.29) is 0 Å². The molecule has 3 nitrogen and oxygen atoms in total. The van der Waals surface area contributed by atoms with Gasteiger partial charge in [-0.2, -0.15) is 0 Å². The fourth-order valence-electron chi connectivity index (χ4n) is 2.66. The van der Waals surface area contributed by atoms with Crippen LogP contribution in [-0.4, -0.2) is 6.61 Å². The zero-order chi connectivity index (χ0) is 19.1. The third-order valence-electron chi connectivity index (χ3n) is 3.92. The maximum Gasteiger partial charge on any atom is 0.174 e. The quantitative estimate of drug-likeness (QED) is 0.362. The van der Waals surface area contributed by atoms with Crippen LogP contribution in [0.5, 0.6) is 11.5 Å². The minimum atomic E-state index is 0.511. The molecule has 0 saturated heterocycles. The summed E-state index contributed by atoms with van der Waals surface area (Å²) in [5.41, 5.74) is 3.23. The van der Waals surface area contributed by atoms with Gasteiger partial charge in [0, 0.05) is 17.3 Å². The molecule has 0 amide bonds. The maximum absolute atomic E-state index is 6.07. The Morgan fingerprint density at radius 2 is 1.74 bits per heavy atom. The van der Waals surface area contributed by atoms with Crippen LogP contribution in [0.15, 0.2) is 66.7 Å². The van der Waals surface area contributed by atoms with E-state index in [9.17, 15) is 0 Å². The van der Waals surface area contributed by atoms with Gasteiger partial charge >= 0.3 is 0 Å². The van der Waals surface area contributed by atoms with Crippen LogP contribution in [0, 0.1) is 3.57 Å². The third-order valence-corrected chi connectivity index (χ3v) is 4.95. The number of benzene rings is 3. The maximum atomic E-state index is 6.07. The van der Waals surface area contributed by atoms with Gasteiger partial charge in [-0.1, -0.05) is 48.0 Å². The standard InChI is InChI=1S/C22H21ClINO2/c1-2-26-21-12-17(14-25-19-10-6-9-18(23)13-19)11-20(24)22(21)27-15-16-7-4-3-5-8-16/h3-13,25H,2,14-15H2,1H3. The SMILES string of the molecule is CCOc1cc(CNc2cccc(Cl)c2)cc(I)c1OCc1ccccc1. The van der Waals surface area contributed by atoms with Gasteiger partial charge in [-0.05, 0) is 71.0 Å². The van der Waals surface area contributed by atoms with E-state index in [1.165, 1.54) is 0 Å². The van der Waals surface area contributed by atoms with Gasteiger partial charge in [0.05, 0.1) is 10.2 Å². The van der Waals surface area contributed by atoms with E-state index in [4.69, 9.17) is 21.1 Å². The van der Waals surface area contributed by atoms with Crippen LogP contribution in [0.1, 0.15) is 18.1 Å². The first-order valence-electron chi connectivity index (χ1n) is 8.77. The van der Waals surface area contributed by atoms with Gasteiger partial charge < -0.3 is 14.8 Å². The van der Waals surface area contributed by atoms with E-state index in [0.29, 0.717) is 24.8 Å². The summed E-state index contributed by atoms with van der Waals surface area (Å²) in [5, 5.41) is 4.11. The molecule has 0 bridgehead atoms. The molecule has 1 N–H and O–H groups in total. The van der Waals surface area contributed by atoms with Gasteiger partial charge in [0.25, 0.3) is 0 Å². The molecular formula is C22H21ClINO2. The molecule has 0 aliphatic heterocycles. The molecule has 0 spiro atoms. The van der Waals surface area contributed by atoms with E-state index in [1.54, 1.807) is 0 Å². The summed E-state index contributed by atoms with van der Waals surface area (Å²) in [6, 6.07) is 22.0. The highest BCUT2D eigenvalue weighted by Gasteiger charge is 2.13. The average molecular weight is 494 g/mol. The Balaban J connectivity index is 1.74. The molecule has 0 unspecified atom stereocenters. The summed E-state index contributed by atoms with van der Waals surface area (Å²) in [4.78, 5) is 0. The van der Waals surface area contributed by atoms with Gasteiger partial charge in [-0.3, -0.25) is 0 Å². The number of ether oxygens (including phenoxy) is 2. The fourth-order valence-corrected chi connectivity index (χ4v) is 3.67. The van der Waals surface area contributed by atoms with Crippen molar-refractivity contribution < 1.29 is 9.47 Å². The Hall–Kier alpha value is -1.92. The van der Waals surface area contributed by atoms with Gasteiger partial charge in [0.1, 0.15) is 6.61 Å². The van der Waals surface area contributed by atoms with Crippen molar-refractivity contribution in [3.63, 3.8) is 0 Å². The van der Waals surface area contributed by atoms with Crippen LogP contribution < -0.4 is 14.8 Å². The Morgan fingerprint density at radius 3 is 2.48 bits per heavy atom. The topological polar surface area (TPSA) is 30.5 Å². The molecule has 0 fully saturated rings. The number of hydrogen-bond donors (Lipinski definition) is 1. The van der Waals surface area contributed by atoms with Crippen molar-refractivity contribution in [1.29, 1.82) is 0 Å². The van der Waals surface area contributed by atoms with Crippen LogP contribution in [0.25, 0.3) is 0 Å². The first-order valence-corrected chi connectivity index (χ1v) is 10.2. The normalized spacial score (nSPS) is 10.5. The summed E-state index contributed by atoms with van der Waals surface area (Å²) >= 11 is 8.35. The lowest BCUT2D eigenvalue weighted by atomic mass is 10.2. The lowest BCUT2D eigenvalue weighted by molar-refractivity contribution is 0.267. The molecule has 0 saturated carbocycles. The molecule has 0 radical (unpaired) electrons. The smallest absolute Gasteiger partial charge is 0.174 e. The molecular weight excluding hydrogens is 473 g/mol. The second-order valence-corrected chi connectivity index (χ2v) is 7.57. The highest BCUT2D eigenvalue weighted by Crippen LogP contribution is 2.35. The molecule has 0 heterocycles. The number of anilines is 1. The van der Waals surface area contributed by atoms with Crippen molar-refractivity contribution in [3.05, 3.63) is 86.4 Å². The minimum Gasteiger partial charge on any atom is -0.490 e. The Kier molecular flexibility index (Phi) is 7.24. The van der Waals surface area contributed by atoms with Crippen molar-refractivity contribution in [2.45, 2.75) is 20.1 Å². The van der Waals surface area contributed by atoms with Crippen molar-refractivity contribution in [2.75, 3.05) is 11.9 Å². The summed E-state index contributed by atoms with van der Waals surface area (Å²) in [7, 11) is 0. The van der Waals surface area contributed by atoms with E-state index in [1.807, 2.05) is 55.5 Å². The molecule has 27 heavy (non-hydrogen) atoms. The van der Waals surface area contributed by atoms with Crippen molar-refractivity contribution >= 4 is 39.9 Å². The van der Waals surface area contributed by atoms with Crippen molar-refractivity contribution in [2.24, 2.45) is 0 Å². The fraction of sp³-hybridized carbons (Fsp3) is 0.182. The van der Waals surface area contributed by atoms with E-state index in [2.05, 4.69) is 46.1 Å². The molecule has 140 valence electrons. The second kappa shape index (κ2) is 9.85. The minimum absolute atomic E-state index is 0.511. The molecule has 0 atom stereocenters. The van der Waals surface area contributed by atoms with Gasteiger partial charge in [0.2, 0.25) is 0 Å². The van der Waals surface area contributed by atoms with E-state index in [0.717, 1.165) is 31.9 Å². The van der Waals surface area contributed by atoms with Gasteiger partial charge in [-0.25, -0.2) is 0 Å². The Bertz CT molecular complexity index is 887. The number of nitrogens with one attached hydrogen (secondary N) is 1. The molecule has 5 heteroatoms. The molecule has 3 aromatic carbocycles. The molecule has 3 aromatic rings. The van der Waals surface area contributed by atoms with Crippen molar-refractivity contribution in [3.8, 4) is 11.5 Å². The lowest BCUT2D eigenvalue weighted by Gasteiger charge is -2.16. The largest absolute Gasteiger partial charge is 0.490 e. The van der Waals surface area contributed by atoms with Crippen LogP contribution >= 0.6 is 34.2 Å². The lowest BCUT2D eigenvalue weighted by Crippen LogP contribution is -2.05. The summed E-state index contributed by atoms with van der Waals surface area (Å²) < 4.78 is 12.9. The molecule has 3 rings (SSSR count). The predicted molar refractivity (Wildman–Crippen MR) is 120 cm³/mol.